The van der Waals surface area contributed by atoms with Crippen LogP contribution in [0.2, 0.25) is 0 Å². The Morgan fingerprint density at radius 2 is 1.83 bits per heavy atom. The summed E-state index contributed by atoms with van der Waals surface area (Å²) in [6, 6.07) is 20.5. The van der Waals surface area contributed by atoms with E-state index in [0.717, 1.165) is 29.9 Å². The smallest absolute Gasteiger partial charge is 0.200 e. The minimum absolute atomic E-state index is 0.194. The van der Waals surface area contributed by atoms with Crippen molar-refractivity contribution in [3.8, 4) is 11.5 Å². The highest BCUT2D eigenvalue weighted by atomic mass is 16.7. The molecule has 3 aromatic carbocycles. The maximum Gasteiger partial charge on any atom is 0.200 e. The minimum atomic E-state index is -0.194. The summed E-state index contributed by atoms with van der Waals surface area (Å²) in [5.41, 5.74) is 2.40. The van der Waals surface area contributed by atoms with Gasteiger partial charge in [0, 0.05) is 12.0 Å². The standard InChI is InChI=1S/C21H20O3/c1-22-17-9-6-15(7-10-17)14-23-21-13-11-19-18-5-3-2-4-16(18)8-12-20(19)24-21/h2-10,12,21H,11,13-14H2,1H3/t21-/m0/s1. The van der Waals surface area contributed by atoms with E-state index in [0.29, 0.717) is 6.61 Å². The molecule has 0 unspecified atom stereocenters. The van der Waals surface area contributed by atoms with Crippen molar-refractivity contribution < 1.29 is 14.2 Å². The lowest BCUT2D eigenvalue weighted by Gasteiger charge is -2.27. The maximum atomic E-state index is 6.06. The van der Waals surface area contributed by atoms with E-state index in [9.17, 15) is 0 Å². The van der Waals surface area contributed by atoms with E-state index in [4.69, 9.17) is 14.2 Å². The Morgan fingerprint density at radius 1 is 1.00 bits per heavy atom. The van der Waals surface area contributed by atoms with Gasteiger partial charge in [0.05, 0.1) is 13.7 Å². The Morgan fingerprint density at radius 3 is 2.67 bits per heavy atom. The van der Waals surface area contributed by atoms with Crippen LogP contribution >= 0.6 is 0 Å². The molecular weight excluding hydrogens is 300 g/mol. The summed E-state index contributed by atoms with van der Waals surface area (Å²) in [6.45, 7) is 0.539. The normalized spacial score (nSPS) is 16.5. The van der Waals surface area contributed by atoms with Crippen LogP contribution in [0.4, 0.5) is 0 Å². The zero-order valence-electron chi connectivity index (χ0n) is 13.7. The zero-order chi connectivity index (χ0) is 16.4. The highest BCUT2D eigenvalue weighted by Gasteiger charge is 2.21. The molecule has 0 fully saturated rings. The number of ether oxygens (including phenoxy) is 3. The third kappa shape index (κ3) is 2.95. The third-order valence-corrected chi connectivity index (χ3v) is 4.48. The zero-order valence-corrected chi connectivity index (χ0v) is 13.7. The van der Waals surface area contributed by atoms with Gasteiger partial charge in [-0.25, -0.2) is 0 Å². The molecule has 3 aromatic rings. The molecule has 1 aliphatic rings. The predicted molar refractivity (Wildman–Crippen MR) is 94.5 cm³/mol. The molecular formula is C21H20O3. The van der Waals surface area contributed by atoms with Gasteiger partial charge in [0.25, 0.3) is 0 Å². The summed E-state index contributed by atoms with van der Waals surface area (Å²) in [7, 11) is 1.67. The van der Waals surface area contributed by atoms with Crippen LogP contribution in [-0.2, 0) is 17.8 Å². The second-order valence-electron chi connectivity index (χ2n) is 6.01. The lowest BCUT2D eigenvalue weighted by molar-refractivity contribution is -0.0993. The third-order valence-electron chi connectivity index (χ3n) is 4.48. The first-order valence-corrected chi connectivity index (χ1v) is 8.25. The monoisotopic (exact) mass is 320 g/mol. The van der Waals surface area contributed by atoms with Crippen LogP contribution in [0.25, 0.3) is 10.8 Å². The van der Waals surface area contributed by atoms with Crippen molar-refractivity contribution in [2.75, 3.05) is 7.11 Å². The van der Waals surface area contributed by atoms with Gasteiger partial charge in [-0.15, -0.1) is 0 Å². The summed E-state index contributed by atoms with van der Waals surface area (Å²) in [5, 5.41) is 2.54. The van der Waals surface area contributed by atoms with Crippen LogP contribution in [0.5, 0.6) is 11.5 Å². The van der Waals surface area contributed by atoms with E-state index < -0.39 is 0 Å². The quantitative estimate of drug-likeness (QED) is 0.696. The molecule has 0 spiro atoms. The fourth-order valence-corrected chi connectivity index (χ4v) is 3.18. The number of hydrogen-bond acceptors (Lipinski definition) is 3. The van der Waals surface area contributed by atoms with Crippen LogP contribution in [0, 0.1) is 0 Å². The second kappa shape index (κ2) is 6.54. The first-order valence-electron chi connectivity index (χ1n) is 8.25. The van der Waals surface area contributed by atoms with Gasteiger partial charge in [-0.2, -0.15) is 0 Å². The Bertz CT molecular complexity index is 839. The first-order chi connectivity index (χ1) is 11.8. The number of hydrogen-bond donors (Lipinski definition) is 0. The average Bonchev–Trinajstić information content (AvgIpc) is 2.66. The molecule has 1 atom stereocenters. The fraction of sp³-hybridized carbons (Fsp3) is 0.238. The van der Waals surface area contributed by atoms with Gasteiger partial charge in [-0.3, -0.25) is 0 Å². The SMILES string of the molecule is COc1ccc(CO[C@@H]2CCc3c(ccc4ccccc34)O2)cc1. The molecule has 0 N–H and O–H groups in total. The molecule has 3 nitrogen and oxygen atoms in total. The molecule has 24 heavy (non-hydrogen) atoms. The average molecular weight is 320 g/mol. The molecule has 0 amide bonds. The lowest BCUT2D eigenvalue weighted by Crippen LogP contribution is -2.25. The Kier molecular flexibility index (Phi) is 4.09. The molecule has 0 bridgehead atoms. The predicted octanol–water partition coefficient (Wildman–Crippen LogP) is 4.72. The van der Waals surface area contributed by atoms with Crippen molar-refractivity contribution in [3.05, 3.63) is 71.8 Å². The first kappa shape index (κ1) is 15.0. The molecule has 0 radical (unpaired) electrons. The Balaban J connectivity index is 1.45. The summed E-state index contributed by atoms with van der Waals surface area (Å²) >= 11 is 0. The van der Waals surface area contributed by atoms with Crippen LogP contribution in [0.1, 0.15) is 17.5 Å². The molecule has 0 saturated carbocycles. The molecule has 1 aliphatic heterocycles. The minimum Gasteiger partial charge on any atom is -0.497 e. The summed E-state index contributed by atoms with van der Waals surface area (Å²) in [5.74, 6) is 1.80. The molecule has 122 valence electrons. The van der Waals surface area contributed by atoms with Gasteiger partial charge < -0.3 is 14.2 Å². The van der Waals surface area contributed by atoms with Gasteiger partial charge in [0.1, 0.15) is 11.5 Å². The van der Waals surface area contributed by atoms with Gasteiger partial charge in [0.2, 0.25) is 6.29 Å². The topological polar surface area (TPSA) is 27.7 Å². The molecule has 1 heterocycles. The number of benzene rings is 3. The van der Waals surface area contributed by atoms with Crippen LogP contribution in [0.3, 0.4) is 0 Å². The molecule has 0 aliphatic carbocycles. The largest absolute Gasteiger partial charge is 0.497 e. The molecule has 0 aromatic heterocycles. The fourth-order valence-electron chi connectivity index (χ4n) is 3.18. The second-order valence-corrected chi connectivity index (χ2v) is 6.01. The van der Waals surface area contributed by atoms with Crippen molar-refractivity contribution >= 4 is 10.8 Å². The highest BCUT2D eigenvalue weighted by molar-refractivity contribution is 5.87. The van der Waals surface area contributed by atoms with E-state index >= 15 is 0 Å². The molecule has 3 heteroatoms. The van der Waals surface area contributed by atoms with Crippen molar-refractivity contribution in [2.24, 2.45) is 0 Å². The Hall–Kier alpha value is -2.52. The van der Waals surface area contributed by atoms with E-state index in [1.54, 1.807) is 7.11 Å². The van der Waals surface area contributed by atoms with Crippen LogP contribution in [-0.4, -0.2) is 13.4 Å². The summed E-state index contributed by atoms with van der Waals surface area (Å²) in [6.07, 6.45) is 1.65. The van der Waals surface area contributed by atoms with Crippen molar-refractivity contribution in [1.82, 2.24) is 0 Å². The number of aryl methyl sites for hydroxylation is 1. The van der Waals surface area contributed by atoms with Crippen LogP contribution < -0.4 is 9.47 Å². The van der Waals surface area contributed by atoms with E-state index in [1.165, 1.54) is 16.3 Å². The van der Waals surface area contributed by atoms with E-state index in [1.807, 2.05) is 24.3 Å². The number of rotatable bonds is 4. The van der Waals surface area contributed by atoms with E-state index in [-0.39, 0.29) is 6.29 Å². The van der Waals surface area contributed by atoms with Crippen molar-refractivity contribution in [2.45, 2.75) is 25.7 Å². The van der Waals surface area contributed by atoms with Gasteiger partial charge in [0.15, 0.2) is 0 Å². The van der Waals surface area contributed by atoms with Crippen molar-refractivity contribution in [1.29, 1.82) is 0 Å². The van der Waals surface area contributed by atoms with Crippen molar-refractivity contribution in [3.63, 3.8) is 0 Å². The Labute approximate surface area is 141 Å². The lowest BCUT2D eigenvalue weighted by atomic mass is 9.98. The summed E-state index contributed by atoms with van der Waals surface area (Å²) in [4.78, 5) is 0. The molecule has 0 saturated heterocycles. The van der Waals surface area contributed by atoms with Crippen LogP contribution in [0.15, 0.2) is 60.7 Å². The molecule has 4 rings (SSSR count). The van der Waals surface area contributed by atoms with E-state index in [2.05, 4.69) is 36.4 Å². The van der Waals surface area contributed by atoms with Gasteiger partial charge in [-0.1, -0.05) is 42.5 Å². The van der Waals surface area contributed by atoms with Gasteiger partial charge >= 0.3 is 0 Å². The van der Waals surface area contributed by atoms with Gasteiger partial charge in [-0.05, 0) is 41.0 Å². The maximum absolute atomic E-state index is 6.06. The number of fused-ring (bicyclic) bond motifs is 3. The number of methoxy groups -OCH3 is 1. The highest BCUT2D eigenvalue weighted by Crippen LogP contribution is 2.34. The summed E-state index contributed by atoms with van der Waals surface area (Å²) < 4.78 is 17.2.